The average molecular weight is 286 g/mol. The van der Waals surface area contributed by atoms with E-state index in [1.165, 1.54) is 6.26 Å². The molecule has 0 aliphatic rings. The van der Waals surface area contributed by atoms with Crippen molar-refractivity contribution < 1.29 is 13.9 Å². The molecule has 0 aliphatic heterocycles. The topological polar surface area (TPSA) is 39.4 Å². The van der Waals surface area contributed by atoms with Crippen molar-refractivity contribution in [2.45, 2.75) is 6.92 Å². The van der Waals surface area contributed by atoms with E-state index in [0.717, 1.165) is 0 Å². The Labute approximate surface area is 107 Å². The molecule has 0 aromatic carbocycles. The lowest BCUT2D eigenvalue weighted by molar-refractivity contribution is 0.0490. The van der Waals surface area contributed by atoms with Crippen molar-refractivity contribution in [3.8, 4) is 0 Å². The lowest BCUT2D eigenvalue weighted by Crippen LogP contribution is -2.02. The second kappa shape index (κ2) is 12.9. The van der Waals surface area contributed by atoms with Crippen LogP contribution in [0.15, 0.2) is 22.8 Å². The minimum atomic E-state index is -0.410. The van der Waals surface area contributed by atoms with Gasteiger partial charge in [0.1, 0.15) is 0 Å². The van der Waals surface area contributed by atoms with E-state index in [-0.39, 0.29) is 55.4 Å². The first-order valence-electron chi connectivity index (χ1n) is 3.05. The molecule has 86 valence electrons. The molecule has 0 aliphatic carbocycles. The van der Waals surface area contributed by atoms with Crippen molar-refractivity contribution in [1.82, 2.24) is 0 Å². The fraction of sp³-hybridized carbons (Fsp3) is 0.286. The van der Waals surface area contributed by atoms with Crippen molar-refractivity contribution in [2.24, 2.45) is 0 Å². The van der Waals surface area contributed by atoms with E-state index in [9.17, 15) is 4.79 Å². The van der Waals surface area contributed by atoms with Crippen LogP contribution in [-0.4, -0.2) is 12.6 Å². The Balaban J connectivity index is -0.000000125. The van der Waals surface area contributed by atoms with Crippen molar-refractivity contribution in [1.29, 1.82) is 0 Å². The Bertz CT molecular complexity index is 213. The fourth-order valence-corrected chi connectivity index (χ4v) is 0.597. The molecule has 0 fully saturated rings. The van der Waals surface area contributed by atoms with Gasteiger partial charge < -0.3 is 9.15 Å². The van der Waals surface area contributed by atoms with Gasteiger partial charge in [0.2, 0.25) is 5.76 Å². The molecule has 14 heavy (non-hydrogen) atoms. The minimum absolute atomic E-state index is 0. The van der Waals surface area contributed by atoms with Gasteiger partial charge in [-0.15, -0.1) is 49.6 Å². The Morgan fingerprint density at radius 1 is 1.36 bits per heavy atom. The molecule has 7 heteroatoms. The first-order chi connectivity index (χ1) is 4.84. The summed E-state index contributed by atoms with van der Waals surface area (Å²) in [5.41, 5.74) is 0. The van der Waals surface area contributed by atoms with Crippen LogP contribution in [-0.2, 0) is 4.74 Å². The molecule has 0 N–H and O–H groups in total. The molecule has 0 saturated heterocycles. The van der Waals surface area contributed by atoms with Gasteiger partial charge in [-0.2, -0.15) is 0 Å². The molecular formula is C7H12Cl4O3. The Morgan fingerprint density at radius 3 is 2.29 bits per heavy atom. The molecule has 0 unspecified atom stereocenters. The predicted molar refractivity (Wildman–Crippen MR) is 63.7 cm³/mol. The van der Waals surface area contributed by atoms with E-state index in [0.29, 0.717) is 6.61 Å². The van der Waals surface area contributed by atoms with Crippen molar-refractivity contribution in [3.05, 3.63) is 24.2 Å². The van der Waals surface area contributed by atoms with Gasteiger partial charge in [0.25, 0.3) is 0 Å². The van der Waals surface area contributed by atoms with Gasteiger partial charge >= 0.3 is 5.97 Å². The highest BCUT2D eigenvalue weighted by atomic mass is 35.5. The zero-order chi connectivity index (χ0) is 7.40. The number of hydrogen-bond donors (Lipinski definition) is 0. The zero-order valence-corrected chi connectivity index (χ0v) is 10.6. The lowest BCUT2D eigenvalue weighted by Gasteiger charge is -1.95. The first-order valence-corrected chi connectivity index (χ1v) is 3.05. The van der Waals surface area contributed by atoms with Gasteiger partial charge in [0.05, 0.1) is 12.9 Å². The van der Waals surface area contributed by atoms with E-state index >= 15 is 0 Å². The largest absolute Gasteiger partial charge is 0.460 e. The second-order valence-electron chi connectivity index (χ2n) is 1.70. The standard InChI is InChI=1S/C7H8O3.4ClH/c1-2-9-7(8)6-4-3-5-10-6;;;;/h3-5H,2H2,1H3;4*1H. The summed E-state index contributed by atoms with van der Waals surface area (Å²) in [5, 5.41) is 0. The maximum atomic E-state index is 10.8. The third-order valence-corrected chi connectivity index (χ3v) is 0.998. The minimum Gasteiger partial charge on any atom is -0.460 e. The maximum Gasteiger partial charge on any atom is 0.374 e. The highest BCUT2D eigenvalue weighted by Gasteiger charge is 2.07. The number of esters is 1. The summed E-state index contributed by atoms with van der Waals surface area (Å²) >= 11 is 0. The van der Waals surface area contributed by atoms with Gasteiger partial charge in [0.15, 0.2) is 0 Å². The number of ether oxygens (including phenoxy) is 1. The summed E-state index contributed by atoms with van der Waals surface area (Å²) < 4.78 is 9.43. The van der Waals surface area contributed by atoms with E-state index in [2.05, 4.69) is 4.74 Å². The SMILES string of the molecule is CCOC(=O)c1ccco1.Cl.Cl.Cl.Cl. The smallest absolute Gasteiger partial charge is 0.374 e. The van der Waals surface area contributed by atoms with Crippen LogP contribution in [0.3, 0.4) is 0 Å². The van der Waals surface area contributed by atoms with E-state index in [1.54, 1.807) is 19.1 Å². The zero-order valence-electron chi connectivity index (χ0n) is 7.30. The number of furan rings is 1. The fourth-order valence-electron chi connectivity index (χ4n) is 0.597. The molecular weight excluding hydrogens is 274 g/mol. The van der Waals surface area contributed by atoms with Gasteiger partial charge in [-0.25, -0.2) is 4.79 Å². The molecule has 0 radical (unpaired) electrons. The molecule has 0 amide bonds. The quantitative estimate of drug-likeness (QED) is 0.784. The van der Waals surface area contributed by atoms with E-state index in [4.69, 9.17) is 4.42 Å². The van der Waals surface area contributed by atoms with Crippen LogP contribution in [0.2, 0.25) is 0 Å². The van der Waals surface area contributed by atoms with Crippen LogP contribution in [0.25, 0.3) is 0 Å². The summed E-state index contributed by atoms with van der Waals surface area (Å²) in [6.07, 6.45) is 1.44. The van der Waals surface area contributed by atoms with Gasteiger partial charge in [-0.3, -0.25) is 0 Å². The monoisotopic (exact) mass is 284 g/mol. The third kappa shape index (κ3) is 7.33. The molecule has 0 bridgehead atoms. The van der Waals surface area contributed by atoms with Crippen LogP contribution in [0, 0.1) is 0 Å². The molecule has 0 spiro atoms. The van der Waals surface area contributed by atoms with Crippen molar-refractivity contribution in [3.63, 3.8) is 0 Å². The summed E-state index contributed by atoms with van der Waals surface area (Å²) in [7, 11) is 0. The number of carbonyl (C=O) groups is 1. The van der Waals surface area contributed by atoms with Gasteiger partial charge in [0, 0.05) is 0 Å². The van der Waals surface area contributed by atoms with Crippen LogP contribution >= 0.6 is 49.6 Å². The highest BCUT2D eigenvalue weighted by molar-refractivity contribution is 5.86. The Hall–Kier alpha value is -0.0900. The van der Waals surface area contributed by atoms with Crippen molar-refractivity contribution >= 4 is 55.6 Å². The predicted octanol–water partition coefficient (Wildman–Crippen LogP) is 3.14. The van der Waals surface area contributed by atoms with E-state index in [1.807, 2.05) is 0 Å². The Kier molecular flexibility index (Phi) is 21.8. The molecule has 1 rings (SSSR count). The van der Waals surface area contributed by atoms with Crippen LogP contribution in [0.5, 0.6) is 0 Å². The van der Waals surface area contributed by atoms with Crippen molar-refractivity contribution in [2.75, 3.05) is 6.61 Å². The average Bonchev–Trinajstić information content (AvgIpc) is 2.38. The van der Waals surface area contributed by atoms with E-state index < -0.39 is 5.97 Å². The molecule has 0 atom stereocenters. The number of carbonyl (C=O) groups excluding carboxylic acids is 1. The van der Waals surface area contributed by atoms with Crippen LogP contribution < -0.4 is 0 Å². The summed E-state index contributed by atoms with van der Waals surface area (Å²) in [4.78, 5) is 10.8. The Morgan fingerprint density at radius 2 is 1.93 bits per heavy atom. The third-order valence-electron chi connectivity index (χ3n) is 0.998. The molecule has 1 heterocycles. The molecule has 0 saturated carbocycles. The highest BCUT2D eigenvalue weighted by Crippen LogP contribution is 2.01. The summed E-state index contributed by atoms with van der Waals surface area (Å²) in [6, 6.07) is 3.21. The first kappa shape index (κ1) is 23.6. The van der Waals surface area contributed by atoms with Gasteiger partial charge in [-0.05, 0) is 19.1 Å². The lowest BCUT2D eigenvalue weighted by atomic mass is 10.5. The maximum absolute atomic E-state index is 10.8. The number of hydrogen-bond acceptors (Lipinski definition) is 3. The summed E-state index contributed by atoms with van der Waals surface area (Å²) in [5.74, 6) is -0.158. The normalized spacial score (nSPS) is 6.64. The second-order valence-corrected chi connectivity index (χ2v) is 1.70. The number of rotatable bonds is 2. The molecule has 1 aromatic rings. The molecule has 3 nitrogen and oxygen atoms in total. The van der Waals surface area contributed by atoms with Crippen LogP contribution in [0.1, 0.15) is 17.5 Å². The van der Waals surface area contributed by atoms with Crippen LogP contribution in [0.4, 0.5) is 0 Å². The molecule has 1 aromatic heterocycles. The van der Waals surface area contributed by atoms with Gasteiger partial charge in [-0.1, -0.05) is 0 Å². The number of halogens is 4. The summed E-state index contributed by atoms with van der Waals surface area (Å²) in [6.45, 7) is 2.13.